The number of benzene rings is 2. The Morgan fingerprint density at radius 1 is 0.938 bits per heavy atom. The molecule has 0 radical (unpaired) electrons. The van der Waals surface area contributed by atoms with Gasteiger partial charge in [-0.25, -0.2) is 0 Å². The average molecular weight is 228 g/mol. The molecule has 0 aliphatic heterocycles. The van der Waals surface area contributed by atoms with Crippen molar-refractivity contribution in [1.29, 1.82) is 0 Å². The van der Waals surface area contributed by atoms with Crippen LogP contribution >= 0.6 is 12.6 Å². The normalized spacial score (nSPS) is 10.1. The molecule has 0 aromatic heterocycles. The van der Waals surface area contributed by atoms with Crippen LogP contribution in [0.15, 0.2) is 48.5 Å². The molecule has 2 aromatic carbocycles. The van der Waals surface area contributed by atoms with Gasteiger partial charge in [0.25, 0.3) is 0 Å². The third-order valence-corrected chi connectivity index (χ3v) is 2.91. The van der Waals surface area contributed by atoms with Gasteiger partial charge in [-0.15, -0.1) is 0 Å². The molecule has 0 amide bonds. The van der Waals surface area contributed by atoms with Gasteiger partial charge in [0.05, 0.1) is 0 Å². The predicted octanol–water partition coefficient (Wildman–Crippen LogP) is 3.60. The van der Waals surface area contributed by atoms with Crippen LogP contribution in [-0.4, -0.2) is 6.29 Å². The molecule has 2 aromatic rings. The summed E-state index contributed by atoms with van der Waals surface area (Å²) < 4.78 is 0. The van der Waals surface area contributed by atoms with Crippen molar-refractivity contribution in [2.24, 2.45) is 0 Å². The molecular formula is C14H12OS. The van der Waals surface area contributed by atoms with Crippen LogP contribution in [0.3, 0.4) is 0 Å². The largest absolute Gasteiger partial charge is 0.298 e. The third-order valence-electron chi connectivity index (χ3n) is 2.57. The molecule has 0 aliphatic carbocycles. The van der Waals surface area contributed by atoms with Gasteiger partial charge in [-0.05, 0) is 16.7 Å². The summed E-state index contributed by atoms with van der Waals surface area (Å²) >= 11 is 4.31. The summed E-state index contributed by atoms with van der Waals surface area (Å²) in [6.45, 7) is 0. The maximum atomic E-state index is 11.0. The molecule has 0 unspecified atom stereocenters. The van der Waals surface area contributed by atoms with E-state index in [2.05, 4.69) is 12.6 Å². The van der Waals surface area contributed by atoms with E-state index in [1.54, 1.807) is 0 Å². The molecule has 0 bridgehead atoms. The maximum Gasteiger partial charge on any atom is 0.150 e. The Morgan fingerprint density at radius 2 is 1.56 bits per heavy atom. The van der Waals surface area contributed by atoms with Gasteiger partial charge >= 0.3 is 0 Å². The van der Waals surface area contributed by atoms with E-state index in [-0.39, 0.29) is 0 Å². The molecule has 0 fully saturated rings. The summed E-state index contributed by atoms with van der Waals surface area (Å²) in [6, 6.07) is 15.6. The number of hydrogen-bond acceptors (Lipinski definition) is 2. The molecule has 80 valence electrons. The second-order valence-corrected chi connectivity index (χ2v) is 3.84. The van der Waals surface area contributed by atoms with Crippen LogP contribution in [0.1, 0.15) is 15.9 Å². The standard InChI is InChI=1S/C14H12OS/c15-9-11-5-1-3-7-13(11)14-8-4-2-6-12(14)10-16/h1-9,16H,10H2. The van der Waals surface area contributed by atoms with E-state index in [1.165, 1.54) is 0 Å². The monoisotopic (exact) mass is 228 g/mol. The SMILES string of the molecule is O=Cc1ccccc1-c1ccccc1CS. The minimum Gasteiger partial charge on any atom is -0.298 e. The van der Waals surface area contributed by atoms with E-state index in [1.807, 2.05) is 48.5 Å². The zero-order valence-corrected chi connectivity index (χ0v) is 9.65. The fourth-order valence-electron chi connectivity index (χ4n) is 1.77. The minimum atomic E-state index is 0.670. The van der Waals surface area contributed by atoms with Crippen molar-refractivity contribution in [3.05, 3.63) is 59.7 Å². The van der Waals surface area contributed by atoms with Crippen LogP contribution in [0.4, 0.5) is 0 Å². The van der Waals surface area contributed by atoms with Crippen molar-refractivity contribution in [3.63, 3.8) is 0 Å². The number of hydrogen-bond donors (Lipinski definition) is 1. The van der Waals surface area contributed by atoms with Gasteiger partial charge in [-0.1, -0.05) is 48.5 Å². The molecular weight excluding hydrogens is 216 g/mol. The highest BCUT2D eigenvalue weighted by Gasteiger charge is 2.06. The van der Waals surface area contributed by atoms with Crippen LogP contribution in [0.5, 0.6) is 0 Å². The van der Waals surface area contributed by atoms with E-state index < -0.39 is 0 Å². The molecule has 0 saturated heterocycles. The molecule has 16 heavy (non-hydrogen) atoms. The van der Waals surface area contributed by atoms with Gasteiger partial charge in [-0.2, -0.15) is 12.6 Å². The van der Waals surface area contributed by atoms with Gasteiger partial charge in [-0.3, -0.25) is 4.79 Å². The Morgan fingerprint density at radius 3 is 2.25 bits per heavy atom. The van der Waals surface area contributed by atoms with Crippen LogP contribution in [-0.2, 0) is 5.75 Å². The first kappa shape index (κ1) is 11.0. The molecule has 2 heteroatoms. The van der Waals surface area contributed by atoms with E-state index >= 15 is 0 Å². The lowest BCUT2D eigenvalue weighted by molar-refractivity contribution is 0.112. The lowest BCUT2D eigenvalue weighted by atomic mass is 9.97. The lowest BCUT2D eigenvalue weighted by Gasteiger charge is -2.09. The van der Waals surface area contributed by atoms with Gasteiger partial charge < -0.3 is 0 Å². The number of carbonyl (C=O) groups excluding carboxylic acids is 1. The van der Waals surface area contributed by atoms with E-state index in [4.69, 9.17) is 0 Å². The molecule has 0 atom stereocenters. The molecule has 0 saturated carbocycles. The van der Waals surface area contributed by atoms with Gasteiger partial charge in [0.2, 0.25) is 0 Å². The van der Waals surface area contributed by atoms with Crippen molar-refractivity contribution < 1.29 is 4.79 Å². The summed E-state index contributed by atoms with van der Waals surface area (Å²) in [5, 5.41) is 0. The molecule has 1 nitrogen and oxygen atoms in total. The van der Waals surface area contributed by atoms with E-state index in [9.17, 15) is 4.79 Å². The first-order valence-electron chi connectivity index (χ1n) is 5.10. The maximum absolute atomic E-state index is 11.0. The van der Waals surface area contributed by atoms with Gasteiger partial charge in [0.1, 0.15) is 0 Å². The Kier molecular flexibility index (Phi) is 3.42. The molecule has 0 N–H and O–H groups in total. The fourth-order valence-corrected chi connectivity index (χ4v) is 2.04. The summed E-state index contributed by atoms with van der Waals surface area (Å²) in [5.41, 5.74) is 3.92. The Hall–Kier alpha value is -1.54. The summed E-state index contributed by atoms with van der Waals surface area (Å²) in [6.07, 6.45) is 0.893. The van der Waals surface area contributed by atoms with Crippen molar-refractivity contribution in [2.45, 2.75) is 5.75 Å². The second-order valence-electron chi connectivity index (χ2n) is 3.52. The predicted molar refractivity (Wildman–Crippen MR) is 70.0 cm³/mol. The van der Waals surface area contributed by atoms with Crippen molar-refractivity contribution in [1.82, 2.24) is 0 Å². The highest BCUT2D eigenvalue weighted by Crippen LogP contribution is 2.27. The van der Waals surface area contributed by atoms with Crippen LogP contribution < -0.4 is 0 Å². The number of aldehydes is 1. The van der Waals surface area contributed by atoms with Crippen molar-refractivity contribution >= 4 is 18.9 Å². The smallest absolute Gasteiger partial charge is 0.150 e. The topological polar surface area (TPSA) is 17.1 Å². The Bertz CT molecular complexity index is 506. The zero-order valence-electron chi connectivity index (χ0n) is 8.76. The summed E-state index contributed by atoms with van der Waals surface area (Å²) in [7, 11) is 0. The Labute approximate surface area is 101 Å². The minimum absolute atomic E-state index is 0.670. The molecule has 0 aliphatic rings. The fraction of sp³-hybridized carbons (Fsp3) is 0.0714. The lowest BCUT2D eigenvalue weighted by Crippen LogP contribution is -1.90. The Balaban J connectivity index is 2.62. The van der Waals surface area contributed by atoms with Gasteiger partial charge in [0.15, 0.2) is 6.29 Å². The summed E-state index contributed by atoms with van der Waals surface area (Å²) in [4.78, 5) is 11.0. The zero-order chi connectivity index (χ0) is 11.4. The highest BCUT2D eigenvalue weighted by atomic mass is 32.1. The molecule has 2 rings (SSSR count). The quantitative estimate of drug-likeness (QED) is 0.627. The number of carbonyl (C=O) groups is 1. The molecule has 0 spiro atoms. The van der Waals surface area contributed by atoms with Crippen molar-refractivity contribution in [3.8, 4) is 11.1 Å². The van der Waals surface area contributed by atoms with E-state index in [0.29, 0.717) is 5.75 Å². The first-order chi connectivity index (χ1) is 7.86. The average Bonchev–Trinajstić information content (AvgIpc) is 2.38. The van der Waals surface area contributed by atoms with Crippen molar-refractivity contribution in [2.75, 3.05) is 0 Å². The second kappa shape index (κ2) is 4.99. The molecule has 0 heterocycles. The van der Waals surface area contributed by atoms with Gasteiger partial charge in [0, 0.05) is 11.3 Å². The number of rotatable bonds is 3. The first-order valence-corrected chi connectivity index (χ1v) is 5.73. The summed E-state index contributed by atoms with van der Waals surface area (Å²) in [5.74, 6) is 0.670. The van der Waals surface area contributed by atoms with Crippen LogP contribution in [0, 0.1) is 0 Å². The number of thiol groups is 1. The van der Waals surface area contributed by atoms with Crippen LogP contribution in [0.2, 0.25) is 0 Å². The van der Waals surface area contributed by atoms with E-state index in [0.717, 1.165) is 28.5 Å². The highest BCUT2D eigenvalue weighted by molar-refractivity contribution is 7.79. The third kappa shape index (κ3) is 2.02. The van der Waals surface area contributed by atoms with Crippen LogP contribution in [0.25, 0.3) is 11.1 Å².